The molecule has 0 saturated carbocycles. The first-order valence-corrected chi connectivity index (χ1v) is 5.65. The molecule has 0 fully saturated rings. The highest BCUT2D eigenvalue weighted by atomic mass is 16.4. The number of hydrogen-bond acceptors (Lipinski definition) is 3. The molecule has 3 rings (SSSR count). The zero-order valence-electron chi connectivity index (χ0n) is 9.82. The molecular weight excluding hydrogens is 244 g/mol. The first kappa shape index (κ1) is 11.3. The van der Waals surface area contributed by atoms with E-state index in [1.54, 1.807) is 47.1 Å². The van der Waals surface area contributed by atoms with Gasteiger partial charge in [-0.25, -0.2) is 9.78 Å². The molecule has 0 saturated heterocycles. The van der Waals surface area contributed by atoms with Crippen LogP contribution in [0.1, 0.15) is 10.4 Å². The molecule has 0 radical (unpaired) electrons. The minimum atomic E-state index is -0.994. The maximum atomic E-state index is 11.2. The summed E-state index contributed by atoms with van der Waals surface area (Å²) in [4.78, 5) is 15.5. The maximum absolute atomic E-state index is 11.2. The van der Waals surface area contributed by atoms with Crippen molar-refractivity contribution in [1.82, 2.24) is 9.38 Å². The Kier molecular flexibility index (Phi) is 2.45. The summed E-state index contributed by atoms with van der Waals surface area (Å²) in [5.41, 5.74) is 1.44. The van der Waals surface area contributed by atoms with Crippen LogP contribution in [-0.4, -0.2) is 25.6 Å². The van der Waals surface area contributed by atoms with E-state index in [9.17, 15) is 15.0 Å². The second kappa shape index (κ2) is 4.13. The van der Waals surface area contributed by atoms with E-state index >= 15 is 0 Å². The van der Waals surface area contributed by atoms with Crippen molar-refractivity contribution in [3.8, 4) is 17.1 Å². The van der Waals surface area contributed by atoms with Crippen molar-refractivity contribution in [3.05, 3.63) is 54.4 Å². The number of carbonyl (C=O) groups is 1. The number of carboxylic acids is 1. The average molecular weight is 254 g/mol. The van der Waals surface area contributed by atoms with Gasteiger partial charge in [0.25, 0.3) is 0 Å². The number of aromatic nitrogens is 2. The Bertz CT molecular complexity index is 777. The molecule has 0 amide bonds. The minimum absolute atomic E-state index is 0.144. The molecule has 94 valence electrons. The second-order valence-corrected chi connectivity index (χ2v) is 4.11. The standard InChI is InChI=1S/C14H10N2O3/c17-10-5-6-16-9(7-10)8-15-13(16)11-3-1-2-4-12(11)14(18)19/h1-8,17H,(H,18,19). The molecule has 0 unspecified atom stereocenters. The van der Waals surface area contributed by atoms with E-state index in [1.165, 1.54) is 6.07 Å². The Morgan fingerprint density at radius 1 is 1.21 bits per heavy atom. The summed E-state index contributed by atoms with van der Waals surface area (Å²) in [5, 5.41) is 18.6. The zero-order valence-corrected chi connectivity index (χ0v) is 9.82. The number of carboxylic acid groups (broad SMARTS) is 1. The Hall–Kier alpha value is -2.82. The quantitative estimate of drug-likeness (QED) is 0.736. The fraction of sp³-hybridized carbons (Fsp3) is 0. The van der Waals surface area contributed by atoms with E-state index in [-0.39, 0.29) is 11.3 Å². The molecule has 19 heavy (non-hydrogen) atoms. The summed E-state index contributed by atoms with van der Waals surface area (Å²) >= 11 is 0. The SMILES string of the molecule is O=C(O)c1ccccc1-c1ncc2cc(O)ccn12. The summed E-state index contributed by atoms with van der Waals surface area (Å²) in [6.07, 6.45) is 3.25. The van der Waals surface area contributed by atoms with Gasteiger partial charge in [-0.3, -0.25) is 4.40 Å². The predicted molar refractivity (Wildman–Crippen MR) is 69.3 cm³/mol. The molecule has 0 atom stereocenters. The molecule has 0 aliphatic heterocycles. The van der Waals surface area contributed by atoms with Crippen molar-refractivity contribution >= 4 is 11.5 Å². The summed E-state index contributed by atoms with van der Waals surface area (Å²) in [5.74, 6) is -0.315. The number of nitrogens with zero attached hydrogens (tertiary/aromatic N) is 2. The van der Waals surface area contributed by atoms with Crippen molar-refractivity contribution in [2.75, 3.05) is 0 Å². The van der Waals surface area contributed by atoms with Gasteiger partial charge < -0.3 is 10.2 Å². The van der Waals surface area contributed by atoms with Gasteiger partial charge in [0.05, 0.1) is 17.3 Å². The third-order valence-corrected chi connectivity index (χ3v) is 2.91. The molecule has 5 heteroatoms. The van der Waals surface area contributed by atoms with Crippen LogP contribution in [0.3, 0.4) is 0 Å². The lowest BCUT2D eigenvalue weighted by Crippen LogP contribution is -2.01. The van der Waals surface area contributed by atoms with Crippen LogP contribution in [0.25, 0.3) is 16.9 Å². The van der Waals surface area contributed by atoms with Crippen LogP contribution < -0.4 is 0 Å². The normalized spacial score (nSPS) is 10.7. The topological polar surface area (TPSA) is 74.8 Å². The van der Waals surface area contributed by atoms with Gasteiger partial charge >= 0.3 is 5.97 Å². The molecule has 3 aromatic rings. The minimum Gasteiger partial charge on any atom is -0.508 e. The van der Waals surface area contributed by atoms with Crippen LogP contribution in [0.5, 0.6) is 5.75 Å². The Morgan fingerprint density at radius 3 is 2.79 bits per heavy atom. The fourth-order valence-electron chi connectivity index (χ4n) is 2.05. The number of hydrogen-bond donors (Lipinski definition) is 2. The molecule has 0 bridgehead atoms. The Labute approximate surface area is 108 Å². The molecule has 2 N–H and O–H groups in total. The summed E-state index contributed by atoms with van der Waals surface area (Å²) in [6, 6.07) is 9.80. The van der Waals surface area contributed by atoms with E-state index in [4.69, 9.17) is 0 Å². The number of imidazole rings is 1. The number of rotatable bonds is 2. The first-order valence-electron chi connectivity index (χ1n) is 5.65. The zero-order chi connectivity index (χ0) is 13.4. The molecule has 0 spiro atoms. The highest BCUT2D eigenvalue weighted by molar-refractivity contribution is 5.95. The van der Waals surface area contributed by atoms with Gasteiger partial charge in [0, 0.05) is 17.8 Å². The van der Waals surface area contributed by atoms with Crippen molar-refractivity contribution in [2.45, 2.75) is 0 Å². The lowest BCUT2D eigenvalue weighted by atomic mass is 10.1. The first-order chi connectivity index (χ1) is 9.16. The van der Waals surface area contributed by atoms with Crippen LogP contribution in [-0.2, 0) is 0 Å². The third-order valence-electron chi connectivity index (χ3n) is 2.91. The highest BCUT2D eigenvalue weighted by Gasteiger charge is 2.14. The molecule has 2 heterocycles. The van der Waals surface area contributed by atoms with E-state index in [1.807, 2.05) is 0 Å². The van der Waals surface area contributed by atoms with E-state index in [2.05, 4.69) is 4.98 Å². The Morgan fingerprint density at radius 2 is 2.00 bits per heavy atom. The van der Waals surface area contributed by atoms with Gasteiger partial charge in [-0.15, -0.1) is 0 Å². The fourth-order valence-corrected chi connectivity index (χ4v) is 2.05. The van der Waals surface area contributed by atoms with Gasteiger partial charge in [-0.1, -0.05) is 18.2 Å². The summed E-state index contributed by atoms with van der Waals surface area (Å²) in [7, 11) is 0. The van der Waals surface area contributed by atoms with Crippen molar-refractivity contribution in [1.29, 1.82) is 0 Å². The third kappa shape index (κ3) is 1.81. The molecule has 0 aliphatic rings. The van der Waals surface area contributed by atoms with Crippen LogP contribution in [0.15, 0.2) is 48.8 Å². The van der Waals surface area contributed by atoms with Gasteiger partial charge in [-0.05, 0) is 12.1 Å². The lowest BCUT2D eigenvalue weighted by Gasteiger charge is -2.05. The van der Waals surface area contributed by atoms with E-state index in [0.717, 1.165) is 0 Å². The smallest absolute Gasteiger partial charge is 0.336 e. The van der Waals surface area contributed by atoms with E-state index < -0.39 is 5.97 Å². The van der Waals surface area contributed by atoms with Crippen LogP contribution >= 0.6 is 0 Å². The summed E-state index contributed by atoms with van der Waals surface area (Å²) < 4.78 is 1.74. The maximum Gasteiger partial charge on any atom is 0.336 e. The van der Waals surface area contributed by atoms with Gasteiger partial charge in [0.2, 0.25) is 0 Å². The largest absolute Gasteiger partial charge is 0.508 e. The molecule has 1 aromatic carbocycles. The predicted octanol–water partition coefficient (Wildman–Crippen LogP) is 2.41. The number of fused-ring (bicyclic) bond motifs is 1. The second-order valence-electron chi connectivity index (χ2n) is 4.11. The molecular formula is C14H10N2O3. The number of pyridine rings is 1. The lowest BCUT2D eigenvalue weighted by molar-refractivity contribution is 0.0697. The molecule has 0 aliphatic carbocycles. The number of aromatic hydroxyl groups is 1. The van der Waals surface area contributed by atoms with Crippen molar-refractivity contribution in [2.24, 2.45) is 0 Å². The van der Waals surface area contributed by atoms with Gasteiger partial charge in [0.15, 0.2) is 0 Å². The number of aromatic carboxylic acids is 1. The molecule has 2 aromatic heterocycles. The van der Waals surface area contributed by atoms with Gasteiger partial charge in [-0.2, -0.15) is 0 Å². The van der Waals surface area contributed by atoms with Gasteiger partial charge in [0.1, 0.15) is 11.6 Å². The van der Waals surface area contributed by atoms with Crippen molar-refractivity contribution in [3.63, 3.8) is 0 Å². The molecule has 5 nitrogen and oxygen atoms in total. The van der Waals surface area contributed by atoms with Crippen molar-refractivity contribution < 1.29 is 15.0 Å². The highest BCUT2D eigenvalue weighted by Crippen LogP contribution is 2.25. The number of benzene rings is 1. The summed E-state index contributed by atoms with van der Waals surface area (Å²) in [6.45, 7) is 0. The Balaban J connectivity index is 2.28. The average Bonchev–Trinajstić information content (AvgIpc) is 2.81. The van der Waals surface area contributed by atoms with Crippen LogP contribution in [0.2, 0.25) is 0 Å². The van der Waals surface area contributed by atoms with Crippen LogP contribution in [0.4, 0.5) is 0 Å². The van der Waals surface area contributed by atoms with Crippen LogP contribution in [0, 0.1) is 0 Å². The van der Waals surface area contributed by atoms with E-state index in [0.29, 0.717) is 16.9 Å². The monoisotopic (exact) mass is 254 g/mol.